The maximum absolute atomic E-state index is 14.3. The quantitative estimate of drug-likeness (QED) is 0.231. The number of fused-ring (bicyclic) bond motifs is 3. The summed E-state index contributed by atoms with van der Waals surface area (Å²) in [5.74, 6) is -4.97. The summed E-state index contributed by atoms with van der Waals surface area (Å²) in [7, 11) is 0. The molecule has 0 spiro atoms. The van der Waals surface area contributed by atoms with E-state index in [4.69, 9.17) is 14.2 Å². The van der Waals surface area contributed by atoms with Crippen LogP contribution in [-0.2, 0) is 36.9 Å². The number of carbonyl (C=O) groups excluding carboxylic acids is 2. The Morgan fingerprint density at radius 2 is 1.90 bits per heavy atom. The van der Waals surface area contributed by atoms with E-state index in [1.54, 1.807) is 0 Å². The molecule has 2 fully saturated rings. The van der Waals surface area contributed by atoms with Crippen LogP contribution in [0.1, 0.15) is 38.2 Å². The molecule has 0 unspecified atom stereocenters. The van der Waals surface area contributed by atoms with Gasteiger partial charge >= 0.3 is 17.6 Å². The third kappa shape index (κ3) is 5.27. The second kappa shape index (κ2) is 10.6. The molecule has 0 amide bonds. The second-order valence-electron chi connectivity index (χ2n) is 10.4. The van der Waals surface area contributed by atoms with Gasteiger partial charge in [-0.15, -0.1) is 0 Å². The molecule has 1 aromatic carbocycles. The largest absolute Gasteiger partial charge is 0.460 e. The van der Waals surface area contributed by atoms with Gasteiger partial charge in [0.25, 0.3) is 5.56 Å². The highest BCUT2D eigenvalue weighted by Crippen LogP contribution is 2.49. The van der Waals surface area contributed by atoms with Crippen LogP contribution in [0.15, 0.2) is 57.8 Å². The average Bonchev–Trinajstić information content (AvgIpc) is 3.50. The van der Waals surface area contributed by atoms with Crippen LogP contribution in [0.4, 0.5) is 13.2 Å². The number of allylic oxidation sites excluding steroid dienone is 1. The van der Waals surface area contributed by atoms with E-state index < -0.39 is 71.0 Å². The Morgan fingerprint density at radius 3 is 2.62 bits per heavy atom. The predicted octanol–water partition coefficient (Wildman–Crippen LogP) is 2.77. The molecule has 3 heterocycles. The number of ether oxygens (including phenoxy) is 3. The first-order chi connectivity index (χ1) is 19.0. The molecule has 40 heavy (non-hydrogen) atoms. The highest BCUT2D eigenvalue weighted by Gasteiger charge is 2.61. The van der Waals surface area contributed by atoms with Gasteiger partial charge in [-0.25, -0.2) is 18.4 Å². The molecule has 12 heteroatoms. The summed E-state index contributed by atoms with van der Waals surface area (Å²) < 4.78 is 60.2. The minimum absolute atomic E-state index is 0.115. The summed E-state index contributed by atoms with van der Waals surface area (Å²) in [4.78, 5) is 49.8. The third-order valence-electron chi connectivity index (χ3n) is 7.73. The van der Waals surface area contributed by atoms with Gasteiger partial charge in [-0.3, -0.25) is 18.7 Å². The molecular weight excluding hydrogens is 533 g/mol. The van der Waals surface area contributed by atoms with E-state index in [-0.39, 0.29) is 18.6 Å². The number of benzene rings is 1. The van der Waals surface area contributed by atoms with Crippen molar-refractivity contribution >= 4 is 11.9 Å². The van der Waals surface area contributed by atoms with Crippen molar-refractivity contribution in [3.05, 3.63) is 92.1 Å². The lowest BCUT2D eigenvalue weighted by atomic mass is 9.84. The van der Waals surface area contributed by atoms with Crippen LogP contribution in [0, 0.1) is 23.4 Å². The van der Waals surface area contributed by atoms with Crippen molar-refractivity contribution in [1.82, 2.24) is 9.13 Å². The number of rotatable bonds is 6. The maximum atomic E-state index is 14.3. The van der Waals surface area contributed by atoms with Gasteiger partial charge in [-0.2, -0.15) is 4.39 Å². The smallest absolute Gasteiger partial charge is 0.334 e. The van der Waals surface area contributed by atoms with E-state index in [1.165, 1.54) is 0 Å². The first-order valence-corrected chi connectivity index (χ1v) is 12.8. The van der Waals surface area contributed by atoms with Gasteiger partial charge in [-0.1, -0.05) is 18.7 Å². The number of hydrogen-bond donors (Lipinski definition) is 0. The summed E-state index contributed by atoms with van der Waals surface area (Å²) >= 11 is 0. The molecule has 2 aromatic rings. The highest BCUT2D eigenvalue weighted by molar-refractivity contribution is 5.91. The molecular formula is C28H27F3N2O7. The minimum atomic E-state index is -1.38. The zero-order valence-electron chi connectivity index (χ0n) is 21.7. The Hall–Kier alpha value is -3.93. The summed E-state index contributed by atoms with van der Waals surface area (Å²) in [5, 5.41) is 0. The molecule has 1 aliphatic carbocycles. The predicted molar refractivity (Wildman–Crippen MR) is 134 cm³/mol. The highest BCUT2D eigenvalue weighted by atomic mass is 19.1. The summed E-state index contributed by atoms with van der Waals surface area (Å²) in [5.41, 5.74) is -2.38. The summed E-state index contributed by atoms with van der Waals surface area (Å²) in [6.45, 7) is 4.11. The van der Waals surface area contributed by atoms with E-state index in [0.29, 0.717) is 46.6 Å². The standard InChI is InChI=1S/C28H27F3N2O7/c1-15-17-9-8-16(5-4-10-28(2)24(40-28)23(17)39-26(15)36)14-38-22(34)13-32-12-21(31)25(35)33(27(32)37)11-18-19(29)6-3-7-20(18)30/h3,5-7,12,17,23-24H,1,4,8-11,13-14H2,2H3/b16-5+/t17-,23-,24-,28+/m0/s1. The molecule has 2 saturated heterocycles. The average molecular weight is 561 g/mol. The zero-order valence-corrected chi connectivity index (χ0v) is 21.7. The van der Waals surface area contributed by atoms with Crippen molar-refractivity contribution in [2.75, 3.05) is 6.61 Å². The topological polar surface area (TPSA) is 109 Å². The number of esters is 2. The third-order valence-corrected chi connectivity index (χ3v) is 7.73. The number of halogens is 3. The van der Waals surface area contributed by atoms with Crippen LogP contribution in [-0.4, -0.2) is 45.5 Å². The SMILES string of the molecule is C=C1C(=O)O[C@H]2[C@H]1CC/C(COC(=O)Cn1cc(F)c(=O)n(Cc3c(F)cccc3F)c1=O)=C\CC[C@@]1(C)O[C@@H]21. The fraction of sp³-hybridized carbons (Fsp3) is 0.429. The molecule has 1 aromatic heterocycles. The fourth-order valence-corrected chi connectivity index (χ4v) is 5.32. The number of epoxide rings is 1. The van der Waals surface area contributed by atoms with Crippen molar-refractivity contribution in [1.29, 1.82) is 0 Å². The number of carbonyl (C=O) groups is 2. The Labute approximate surface area is 226 Å². The molecule has 2 aliphatic heterocycles. The van der Waals surface area contributed by atoms with Gasteiger partial charge in [0.2, 0.25) is 5.82 Å². The lowest BCUT2D eigenvalue weighted by Crippen LogP contribution is -2.42. The Bertz CT molecular complexity index is 1530. The summed E-state index contributed by atoms with van der Waals surface area (Å²) in [6.07, 6.45) is 4.20. The Kier molecular flexibility index (Phi) is 7.30. The van der Waals surface area contributed by atoms with Crippen molar-refractivity contribution in [3.63, 3.8) is 0 Å². The van der Waals surface area contributed by atoms with Crippen LogP contribution in [0.5, 0.6) is 0 Å². The van der Waals surface area contributed by atoms with Crippen LogP contribution in [0.25, 0.3) is 0 Å². The second-order valence-corrected chi connectivity index (χ2v) is 10.4. The summed E-state index contributed by atoms with van der Waals surface area (Å²) in [6, 6.07) is 2.99. The van der Waals surface area contributed by atoms with Crippen LogP contribution >= 0.6 is 0 Å². The van der Waals surface area contributed by atoms with Gasteiger partial charge in [0.05, 0.1) is 18.3 Å². The van der Waals surface area contributed by atoms with E-state index in [2.05, 4.69) is 6.58 Å². The van der Waals surface area contributed by atoms with Crippen molar-refractivity contribution < 1.29 is 37.0 Å². The van der Waals surface area contributed by atoms with Crippen molar-refractivity contribution in [2.24, 2.45) is 5.92 Å². The Morgan fingerprint density at radius 1 is 1.18 bits per heavy atom. The van der Waals surface area contributed by atoms with Crippen molar-refractivity contribution in [2.45, 2.75) is 63.5 Å². The molecule has 0 N–H and O–H groups in total. The fourth-order valence-electron chi connectivity index (χ4n) is 5.32. The molecule has 5 rings (SSSR count). The number of hydrogen-bond acceptors (Lipinski definition) is 7. The van der Waals surface area contributed by atoms with Crippen molar-refractivity contribution in [3.8, 4) is 0 Å². The van der Waals surface area contributed by atoms with E-state index in [1.807, 2.05) is 13.0 Å². The normalized spacial score (nSPS) is 27.2. The molecule has 212 valence electrons. The lowest BCUT2D eigenvalue weighted by molar-refractivity contribution is -0.143. The van der Waals surface area contributed by atoms with Gasteiger partial charge in [-0.05, 0) is 50.3 Å². The molecule has 3 aliphatic rings. The van der Waals surface area contributed by atoms with Crippen LogP contribution in [0.3, 0.4) is 0 Å². The number of aromatic nitrogens is 2. The van der Waals surface area contributed by atoms with Crippen LogP contribution < -0.4 is 11.2 Å². The maximum Gasteiger partial charge on any atom is 0.334 e. The zero-order chi connectivity index (χ0) is 28.8. The van der Waals surface area contributed by atoms with Gasteiger partial charge in [0.1, 0.15) is 37.0 Å². The molecule has 4 atom stereocenters. The molecule has 9 nitrogen and oxygen atoms in total. The monoisotopic (exact) mass is 560 g/mol. The molecule has 0 bridgehead atoms. The number of nitrogens with zero attached hydrogens (tertiary/aromatic N) is 2. The van der Waals surface area contributed by atoms with Gasteiger partial charge in [0, 0.05) is 17.1 Å². The van der Waals surface area contributed by atoms with Gasteiger partial charge < -0.3 is 14.2 Å². The Balaban J connectivity index is 1.28. The lowest BCUT2D eigenvalue weighted by Gasteiger charge is -2.20. The first kappa shape index (κ1) is 27.6. The van der Waals surface area contributed by atoms with E-state index in [0.717, 1.165) is 23.8 Å². The van der Waals surface area contributed by atoms with Crippen LogP contribution in [0.2, 0.25) is 0 Å². The van der Waals surface area contributed by atoms with E-state index in [9.17, 15) is 32.3 Å². The minimum Gasteiger partial charge on any atom is -0.460 e. The molecule has 0 radical (unpaired) electrons. The van der Waals surface area contributed by atoms with Gasteiger partial charge in [0.15, 0.2) is 0 Å². The first-order valence-electron chi connectivity index (χ1n) is 12.8. The van der Waals surface area contributed by atoms with E-state index >= 15 is 0 Å². The molecule has 0 saturated carbocycles.